The van der Waals surface area contributed by atoms with Gasteiger partial charge in [0.15, 0.2) is 5.82 Å². The van der Waals surface area contributed by atoms with E-state index >= 15 is 0 Å². The summed E-state index contributed by atoms with van der Waals surface area (Å²) in [6, 6.07) is 11.4. The molecule has 0 aliphatic carbocycles. The Morgan fingerprint density at radius 3 is 2.75 bits per heavy atom. The third-order valence-corrected chi connectivity index (χ3v) is 3.17. The summed E-state index contributed by atoms with van der Waals surface area (Å²) in [6.45, 7) is 1.87. The van der Waals surface area contributed by atoms with Crippen LogP contribution in [0.3, 0.4) is 0 Å². The normalized spacial score (nSPS) is 11.5. The highest BCUT2D eigenvalue weighted by atomic mass is 16.3. The predicted octanol–water partition coefficient (Wildman–Crippen LogP) is 3.37. The highest BCUT2D eigenvalue weighted by Gasteiger charge is 2.12. The molecule has 0 spiro atoms. The van der Waals surface area contributed by atoms with Crippen LogP contribution in [0.2, 0.25) is 0 Å². The molecule has 0 bridgehead atoms. The summed E-state index contributed by atoms with van der Waals surface area (Å²) in [5.41, 5.74) is 1.76. The minimum atomic E-state index is -0.141. The lowest BCUT2D eigenvalue weighted by Gasteiger charge is -1.97. The van der Waals surface area contributed by atoms with E-state index < -0.39 is 0 Å². The second kappa shape index (κ2) is 4.81. The maximum absolute atomic E-state index is 12.2. The molecule has 3 aromatic rings. The lowest BCUT2D eigenvalue weighted by Crippen LogP contribution is -2.04. The maximum atomic E-state index is 12.2. The van der Waals surface area contributed by atoms with Crippen LogP contribution in [0, 0.1) is 6.92 Å². The number of fused-ring (bicyclic) bond motifs is 1. The van der Waals surface area contributed by atoms with Gasteiger partial charge >= 0.3 is 0 Å². The number of rotatable bonds is 3. The van der Waals surface area contributed by atoms with Gasteiger partial charge in [-0.1, -0.05) is 12.1 Å². The van der Waals surface area contributed by atoms with E-state index in [0.717, 1.165) is 16.8 Å². The van der Waals surface area contributed by atoms with Crippen LogP contribution < -0.4 is 0 Å². The number of carbonyl (C=O) groups is 1. The van der Waals surface area contributed by atoms with Crippen LogP contribution in [0.25, 0.3) is 17.1 Å². The number of aryl methyl sites for hydroxylation is 2. The van der Waals surface area contributed by atoms with Gasteiger partial charge in [0.2, 0.25) is 5.78 Å². The van der Waals surface area contributed by atoms with Crippen LogP contribution in [0.4, 0.5) is 0 Å². The van der Waals surface area contributed by atoms with Gasteiger partial charge in [-0.05, 0) is 43.3 Å². The van der Waals surface area contributed by atoms with Gasteiger partial charge in [0.25, 0.3) is 0 Å². The Kier molecular flexibility index (Phi) is 2.99. The molecule has 1 aromatic carbocycles. The van der Waals surface area contributed by atoms with Crippen LogP contribution in [0.5, 0.6) is 0 Å². The smallest absolute Gasteiger partial charge is 0.221 e. The largest absolute Gasteiger partial charge is 0.462 e. The van der Waals surface area contributed by atoms with E-state index in [-0.39, 0.29) is 5.78 Å². The summed E-state index contributed by atoms with van der Waals surface area (Å²) in [5, 5.41) is 0. The van der Waals surface area contributed by atoms with Crippen molar-refractivity contribution in [1.29, 1.82) is 0 Å². The van der Waals surface area contributed by atoms with Gasteiger partial charge in [0.1, 0.15) is 11.5 Å². The van der Waals surface area contributed by atoms with Crippen molar-refractivity contribution in [3.05, 3.63) is 59.8 Å². The molecular weight excluding hydrogens is 252 g/mol. The molecule has 0 aliphatic rings. The molecule has 3 rings (SSSR count). The number of nitrogens with zero attached hydrogens (tertiary/aromatic N) is 2. The van der Waals surface area contributed by atoms with Crippen molar-refractivity contribution in [2.75, 3.05) is 0 Å². The number of hydrogen-bond donors (Lipinski definition) is 0. The average molecular weight is 266 g/mol. The van der Waals surface area contributed by atoms with E-state index in [0.29, 0.717) is 11.6 Å². The molecule has 2 aromatic heterocycles. The molecule has 0 saturated heterocycles. The van der Waals surface area contributed by atoms with Crippen molar-refractivity contribution in [3.8, 4) is 0 Å². The lowest BCUT2D eigenvalue weighted by molar-refractivity contribution is 0.103. The van der Waals surface area contributed by atoms with Crippen molar-refractivity contribution >= 4 is 22.9 Å². The fourth-order valence-electron chi connectivity index (χ4n) is 2.14. The zero-order valence-corrected chi connectivity index (χ0v) is 11.3. The lowest BCUT2D eigenvalue weighted by atomic mass is 10.3. The van der Waals surface area contributed by atoms with Gasteiger partial charge in [-0.25, -0.2) is 4.98 Å². The summed E-state index contributed by atoms with van der Waals surface area (Å²) in [6.07, 6.45) is 3.15. The first-order valence-electron chi connectivity index (χ1n) is 6.35. The molecule has 0 amide bonds. The Balaban J connectivity index is 1.93. The van der Waals surface area contributed by atoms with Gasteiger partial charge < -0.3 is 8.98 Å². The fraction of sp³-hybridized carbons (Fsp3) is 0.125. The number of carbonyl (C=O) groups excluding carboxylic acids is 1. The Hall–Kier alpha value is -2.62. The van der Waals surface area contributed by atoms with Crippen molar-refractivity contribution < 1.29 is 9.21 Å². The first kappa shape index (κ1) is 12.4. The number of para-hydroxylation sites is 2. The average Bonchev–Trinajstić information content (AvgIpc) is 3.01. The van der Waals surface area contributed by atoms with Gasteiger partial charge in [0.05, 0.1) is 11.0 Å². The summed E-state index contributed by atoms with van der Waals surface area (Å²) in [4.78, 5) is 16.6. The van der Waals surface area contributed by atoms with Gasteiger partial charge in [-0.15, -0.1) is 0 Å². The van der Waals surface area contributed by atoms with E-state index in [1.54, 1.807) is 10.6 Å². The van der Waals surface area contributed by atoms with Gasteiger partial charge in [-0.3, -0.25) is 4.79 Å². The van der Waals surface area contributed by atoms with Crippen LogP contribution in [-0.2, 0) is 7.05 Å². The molecule has 0 fully saturated rings. The SMILES string of the molecule is Cc1ccc(/C=C/C(=O)c2nc3ccccc3n2C)o1. The standard InChI is InChI=1S/C16H14N2O2/c1-11-7-8-12(20-11)9-10-15(19)16-17-13-5-3-4-6-14(13)18(16)2/h3-10H,1-2H3/b10-9+. The Labute approximate surface area is 116 Å². The number of allylic oxidation sites excluding steroid dienone is 1. The Bertz CT molecular complexity index is 809. The van der Waals surface area contributed by atoms with Crippen LogP contribution in [0.1, 0.15) is 22.1 Å². The molecule has 0 atom stereocenters. The second-order valence-corrected chi connectivity index (χ2v) is 4.63. The minimum absolute atomic E-state index is 0.141. The number of hydrogen-bond acceptors (Lipinski definition) is 3. The molecule has 0 unspecified atom stereocenters. The van der Waals surface area contributed by atoms with Crippen molar-refractivity contribution in [2.45, 2.75) is 6.92 Å². The molecule has 0 saturated carbocycles. The summed E-state index contributed by atoms with van der Waals surface area (Å²) in [5.74, 6) is 1.76. The molecule has 4 heteroatoms. The molecule has 0 aliphatic heterocycles. The number of furan rings is 1. The van der Waals surface area contributed by atoms with Gasteiger partial charge in [0, 0.05) is 7.05 Å². The monoisotopic (exact) mass is 266 g/mol. The van der Waals surface area contributed by atoms with Crippen molar-refractivity contribution in [1.82, 2.24) is 9.55 Å². The minimum Gasteiger partial charge on any atom is -0.462 e. The predicted molar refractivity (Wildman–Crippen MR) is 77.5 cm³/mol. The quantitative estimate of drug-likeness (QED) is 0.539. The topological polar surface area (TPSA) is 48.0 Å². The van der Waals surface area contributed by atoms with E-state index in [1.807, 2.05) is 50.4 Å². The molecule has 4 nitrogen and oxygen atoms in total. The highest BCUT2D eigenvalue weighted by Crippen LogP contribution is 2.15. The first-order chi connectivity index (χ1) is 9.65. The Morgan fingerprint density at radius 1 is 1.25 bits per heavy atom. The molecule has 100 valence electrons. The maximum Gasteiger partial charge on any atom is 0.221 e. The van der Waals surface area contributed by atoms with Gasteiger partial charge in [-0.2, -0.15) is 0 Å². The number of benzene rings is 1. The van der Waals surface area contributed by atoms with Crippen LogP contribution >= 0.6 is 0 Å². The van der Waals surface area contributed by atoms with E-state index in [9.17, 15) is 4.79 Å². The van der Waals surface area contributed by atoms with E-state index in [4.69, 9.17) is 4.42 Å². The number of imidazole rings is 1. The second-order valence-electron chi connectivity index (χ2n) is 4.63. The van der Waals surface area contributed by atoms with E-state index in [1.165, 1.54) is 6.08 Å². The fourth-order valence-corrected chi connectivity index (χ4v) is 2.14. The molecule has 20 heavy (non-hydrogen) atoms. The molecule has 2 heterocycles. The molecule has 0 radical (unpaired) electrons. The molecule has 0 N–H and O–H groups in total. The zero-order chi connectivity index (χ0) is 14.1. The third-order valence-electron chi connectivity index (χ3n) is 3.17. The molecular formula is C16H14N2O2. The number of aromatic nitrogens is 2. The Morgan fingerprint density at radius 2 is 2.05 bits per heavy atom. The zero-order valence-electron chi connectivity index (χ0n) is 11.3. The summed E-state index contributed by atoms with van der Waals surface area (Å²) >= 11 is 0. The van der Waals surface area contributed by atoms with Crippen molar-refractivity contribution in [3.63, 3.8) is 0 Å². The third kappa shape index (κ3) is 2.16. The first-order valence-corrected chi connectivity index (χ1v) is 6.35. The van der Waals surface area contributed by atoms with Crippen LogP contribution in [-0.4, -0.2) is 15.3 Å². The van der Waals surface area contributed by atoms with E-state index in [2.05, 4.69) is 4.98 Å². The summed E-state index contributed by atoms with van der Waals surface area (Å²) in [7, 11) is 1.84. The van der Waals surface area contributed by atoms with Crippen molar-refractivity contribution in [2.24, 2.45) is 7.05 Å². The highest BCUT2D eigenvalue weighted by molar-refractivity contribution is 6.06. The number of ketones is 1. The van der Waals surface area contributed by atoms with Crippen LogP contribution in [0.15, 0.2) is 46.9 Å². The summed E-state index contributed by atoms with van der Waals surface area (Å²) < 4.78 is 7.19.